The van der Waals surface area contributed by atoms with Crippen LogP contribution in [0.2, 0.25) is 0 Å². The van der Waals surface area contributed by atoms with Crippen LogP contribution in [0, 0.1) is 0 Å². The molecule has 0 unspecified atom stereocenters. The fraction of sp³-hybridized carbons (Fsp3) is 0.429. The molecule has 0 amide bonds. The lowest BCUT2D eigenvalue weighted by Crippen LogP contribution is -2.57. The monoisotopic (exact) mass is 383 g/mol. The van der Waals surface area contributed by atoms with Crippen molar-refractivity contribution < 1.29 is 4.74 Å². The number of ether oxygens (including phenoxy) is 1. The van der Waals surface area contributed by atoms with Gasteiger partial charge in [-0.3, -0.25) is 0 Å². The molecule has 1 saturated carbocycles. The van der Waals surface area contributed by atoms with Crippen molar-refractivity contribution >= 4 is 21.6 Å². The van der Waals surface area contributed by atoms with E-state index in [0.29, 0.717) is 0 Å². The Balaban J connectivity index is 1.68. The molecule has 24 heavy (non-hydrogen) atoms. The van der Waals surface area contributed by atoms with Crippen molar-refractivity contribution in [2.24, 2.45) is 0 Å². The van der Waals surface area contributed by atoms with Crippen molar-refractivity contribution in [2.45, 2.75) is 49.8 Å². The summed E-state index contributed by atoms with van der Waals surface area (Å²) in [6.07, 6.45) is 6.13. The molecule has 2 heterocycles. The predicted octanol–water partition coefficient (Wildman–Crippen LogP) is 5.40. The minimum atomic E-state index is -0.135. The molecule has 5 rings (SSSR count). The first-order valence-electron chi connectivity index (χ1n) is 9.01. The second-order valence-corrected chi connectivity index (χ2v) is 8.32. The molecule has 0 radical (unpaired) electrons. The Labute approximate surface area is 151 Å². The lowest BCUT2D eigenvalue weighted by molar-refractivity contribution is -0.0532. The maximum absolute atomic E-state index is 6.58. The number of anilines is 1. The van der Waals surface area contributed by atoms with Crippen molar-refractivity contribution in [3.63, 3.8) is 0 Å². The molecule has 1 saturated heterocycles. The number of hydrogen-bond acceptors (Lipinski definition) is 2. The number of hydrogen-bond donors (Lipinski definition) is 0. The van der Waals surface area contributed by atoms with Crippen LogP contribution in [-0.2, 0) is 16.7 Å². The highest BCUT2D eigenvalue weighted by Crippen LogP contribution is 2.64. The highest BCUT2D eigenvalue weighted by atomic mass is 79.9. The maximum Gasteiger partial charge on any atom is 0.151 e. The van der Waals surface area contributed by atoms with Gasteiger partial charge in [-0.05, 0) is 55.0 Å². The highest BCUT2D eigenvalue weighted by Gasteiger charge is 2.66. The number of rotatable bonds is 2. The summed E-state index contributed by atoms with van der Waals surface area (Å²) in [6.45, 7) is 1.81. The molecule has 2 aliphatic heterocycles. The summed E-state index contributed by atoms with van der Waals surface area (Å²) < 4.78 is 7.76. The van der Waals surface area contributed by atoms with Gasteiger partial charge in [0.2, 0.25) is 0 Å². The SMILES string of the molecule is Brc1ccc2c(c1)[C@]13CCCC[C@]1(OCC3)N2Cc1ccccc1. The Morgan fingerprint density at radius 1 is 1.00 bits per heavy atom. The molecule has 0 bridgehead atoms. The van der Waals surface area contributed by atoms with Crippen molar-refractivity contribution in [2.75, 3.05) is 11.5 Å². The summed E-state index contributed by atoms with van der Waals surface area (Å²) in [6, 6.07) is 17.6. The Morgan fingerprint density at radius 2 is 1.83 bits per heavy atom. The van der Waals surface area contributed by atoms with E-state index in [0.717, 1.165) is 26.0 Å². The Hall–Kier alpha value is -1.32. The van der Waals surface area contributed by atoms with E-state index >= 15 is 0 Å². The van der Waals surface area contributed by atoms with Gasteiger partial charge in [-0.25, -0.2) is 0 Å². The van der Waals surface area contributed by atoms with Crippen molar-refractivity contribution in [3.05, 3.63) is 64.1 Å². The summed E-state index contributed by atoms with van der Waals surface area (Å²) in [4.78, 5) is 2.58. The minimum absolute atomic E-state index is 0.135. The summed E-state index contributed by atoms with van der Waals surface area (Å²) in [5.41, 5.74) is 4.29. The van der Waals surface area contributed by atoms with Crippen molar-refractivity contribution in [1.82, 2.24) is 0 Å². The third-order valence-corrected chi connectivity index (χ3v) is 6.86. The van der Waals surface area contributed by atoms with Crippen LogP contribution in [0.5, 0.6) is 0 Å². The number of halogens is 1. The zero-order valence-electron chi connectivity index (χ0n) is 13.8. The van der Waals surface area contributed by atoms with E-state index in [4.69, 9.17) is 4.74 Å². The second kappa shape index (κ2) is 5.34. The Kier molecular flexibility index (Phi) is 3.33. The number of benzene rings is 2. The molecule has 2 aromatic rings. The lowest BCUT2D eigenvalue weighted by Gasteiger charge is -2.48. The Bertz CT molecular complexity index is 777. The van der Waals surface area contributed by atoms with E-state index in [9.17, 15) is 0 Å². The highest BCUT2D eigenvalue weighted by molar-refractivity contribution is 9.10. The maximum atomic E-state index is 6.58. The van der Waals surface area contributed by atoms with Crippen LogP contribution in [0.1, 0.15) is 43.2 Å². The normalized spacial score (nSPS) is 30.8. The number of fused-ring (bicyclic) bond motifs is 1. The first-order chi connectivity index (χ1) is 11.8. The van der Waals surface area contributed by atoms with Crippen LogP contribution in [0.15, 0.2) is 53.0 Å². The summed E-state index contributed by atoms with van der Waals surface area (Å²) in [7, 11) is 0. The van der Waals surface area contributed by atoms with E-state index in [2.05, 4.69) is 69.4 Å². The molecule has 0 spiro atoms. The van der Waals surface area contributed by atoms with Gasteiger partial charge in [0.1, 0.15) is 0 Å². The average molecular weight is 384 g/mol. The van der Waals surface area contributed by atoms with Crippen LogP contribution in [0.4, 0.5) is 5.69 Å². The molecule has 3 heteroatoms. The van der Waals surface area contributed by atoms with E-state index in [1.165, 1.54) is 40.5 Å². The molecule has 2 atom stereocenters. The zero-order valence-corrected chi connectivity index (χ0v) is 15.4. The van der Waals surface area contributed by atoms with E-state index in [1.807, 2.05) is 0 Å². The molecule has 3 aliphatic rings. The van der Waals surface area contributed by atoms with Crippen LogP contribution >= 0.6 is 15.9 Å². The van der Waals surface area contributed by atoms with E-state index < -0.39 is 0 Å². The molecule has 2 aromatic carbocycles. The first-order valence-corrected chi connectivity index (χ1v) is 9.80. The summed E-state index contributed by atoms with van der Waals surface area (Å²) >= 11 is 3.70. The summed E-state index contributed by atoms with van der Waals surface area (Å²) in [5.74, 6) is 0. The fourth-order valence-electron chi connectivity index (χ4n) is 5.40. The quantitative estimate of drug-likeness (QED) is 0.688. The fourth-order valence-corrected chi connectivity index (χ4v) is 5.76. The zero-order chi connectivity index (χ0) is 16.2. The van der Waals surface area contributed by atoms with Gasteiger partial charge in [-0.1, -0.05) is 52.7 Å². The van der Waals surface area contributed by atoms with Crippen LogP contribution in [0.25, 0.3) is 0 Å². The lowest BCUT2D eigenvalue weighted by atomic mass is 9.65. The predicted molar refractivity (Wildman–Crippen MR) is 100 cm³/mol. The largest absolute Gasteiger partial charge is 0.355 e. The molecule has 0 N–H and O–H groups in total. The second-order valence-electron chi connectivity index (χ2n) is 7.41. The average Bonchev–Trinajstić information content (AvgIpc) is 3.10. The van der Waals surface area contributed by atoms with Gasteiger partial charge >= 0.3 is 0 Å². The van der Waals surface area contributed by atoms with Gasteiger partial charge in [0.05, 0.1) is 6.61 Å². The molecular formula is C21H22BrNO. The Morgan fingerprint density at radius 3 is 2.71 bits per heavy atom. The van der Waals surface area contributed by atoms with E-state index in [-0.39, 0.29) is 11.1 Å². The van der Waals surface area contributed by atoms with Crippen LogP contribution in [0.3, 0.4) is 0 Å². The minimum Gasteiger partial charge on any atom is -0.355 e. The molecular weight excluding hydrogens is 362 g/mol. The van der Waals surface area contributed by atoms with Crippen LogP contribution < -0.4 is 4.90 Å². The van der Waals surface area contributed by atoms with E-state index in [1.54, 1.807) is 0 Å². The molecule has 124 valence electrons. The molecule has 2 nitrogen and oxygen atoms in total. The number of nitrogens with zero attached hydrogens (tertiary/aromatic N) is 1. The topological polar surface area (TPSA) is 12.5 Å². The van der Waals surface area contributed by atoms with Crippen molar-refractivity contribution in [3.8, 4) is 0 Å². The third kappa shape index (κ3) is 1.86. The van der Waals surface area contributed by atoms with Gasteiger partial charge in [-0.15, -0.1) is 0 Å². The molecule has 2 fully saturated rings. The van der Waals surface area contributed by atoms with Gasteiger partial charge < -0.3 is 9.64 Å². The van der Waals surface area contributed by atoms with Crippen molar-refractivity contribution in [1.29, 1.82) is 0 Å². The first kappa shape index (κ1) is 15.0. The van der Waals surface area contributed by atoms with Gasteiger partial charge in [-0.2, -0.15) is 0 Å². The van der Waals surface area contributed by atoms with Gasteiger partial charge in [0.25, 0.3) is 0 Å². The van der Waals surface area contributed by atoms with Gasteiger partial charge in [0.15, 0.2) is 5.72 Å². The molecule has 1 aliphatic carbocycles. The smallest absolute Gasteiger partial charge is 0.151 e. The summed E-state index contributed by atoms with van der Waals surface area (Å²) in [5, 5.41) is 0. The molecule has 0 aromatic heterocycles. The van der Waals surface area contributed by atoms with Crippen LogP contribution in [-0.4, -0.2) is 12.3 Å². The third-order valence-electron chi connectivity index (χ3n) is 6.37. The standard InChI is InChI=1S/C21H22BrNO/c22-17-8-9-19-18(14-17)20-10-4-5-11-21(20,24-13-12-20)23(19)15-16-6-2-1-3-7-16/h1-3,6-9,14H,4-5,10-13,15H2/t20-,21-/m1/s1. The van der Waals surface area contributed by atoms with Gasteiger partial charge in [0, 0.05) is 22.1 Å².